The Morgan fingerprint density at radius 3 is 1.88 bits per heavy atom. The van der Waals surface area contributed by atoms with Gasteiger partial charge in [0.05, 0.1) is 22.5 Å². The summed E-state index contributed by atoms with van der Waals surface area (Å²) in [5.41, 5.74) is -4.47. The lowest BCUT2D eigenvalue weighted by Gasteiger charge is -2.24. The average Bonchev–Trinajstić information content (AvgIpc) is 2.43. The number of halogens is 6. The summed E-state index contributed by atoms with van der Waals surface area (Å²) in [4.78, 5) is 4.40. The number of aliphatic imine (C=N–C) groups is 1. The van der Waals surface area contributed by atoms with Gasteiger partial charge in [0.1, 0.15) is 0 Å². The first-order valence-electron chi connectivity index (χ1n) is 6.19. The maximum Gasteiger partial charge on any atom is 0.418 e. The van der Waals surface area contributed by atoms with Crippen molar-refractivity contribution in [1.29, 1.82) is 5.26 Å². The van der Waals surface area contributed by atoms with Crippen molar-refractivity contribution in [2.24, 2.45) is 4.99 Å². The van der Waals surface area contributed by atoms with E-state index in [-0.39, 0.29) is 5.17 Å². The van der Waals surface area contributed by atoms with Gasteiger partial charge in [0.15, 0.2) is 11.4 Å². The Morgan fingerprint density at radius 1 is 1.12 bits per heavy atom. The van der Waals surface area contributed by atoms with Gasteiger partial charge in [-0.2, -0.15) is 31.6 Å². The smallest absolute Gasteiger partial charge is 0.377 e. The summed E-state index contributed by atoms with van der Waals surface area (Å²) in [6.45, 7) is 0. The van der Waals surface area contributed by atoms with Gasteiger partial charge in [0, 0.05) is 14.1 Å². The van der Waals surface area contributed by atoms with E-state index < -0.39 is 34.9 Å². The molecule has 0 bridgehead atoms. The number of benzene rings is 1. The second-order valence-corrected chi connectivity index (χ2v) is 5.43. The molecule has 1 aromatic rings. The van der Waals surface area contributed by atoms with Gasteiger partial charge in [-0.1, -0.05) is 11.8 Å². The van der Waals surface area contributed by atoms with Crippen LogP contribution < -0.4 is 10.2 Å². The Balaban J connectivity index is 3.76. The van der Waals surface area contributed by atoms with Crippen LogP contribution in [0.5, 0.6) is 0 Å². The van der Waals surface area contributed by atoms with Crippen LogP contribution in [-0.4, -0.2) is 25.5 Å². The molecule has 0 amide bonds. The van der Waals surface area contributed by atoms with Crippen LogP contribution in [0.1, 0.15) is 11.1 Å². The molecule has 1 rings (SSSR count). The third-order valence-corrected chi connectivity index (χ3v) is 3.32. The largest absolute Gasteiger partial charge is 0.418 e. The molecule has 0 saturated heterocycles. The molecule has 0 fully saturated rings. The highest BCUT2D eigenvalue weighted by molar-refractivity contribution is 8.13. The molecule has 4 nitrogen and oxygen atoms in total. The number of alkyl halides is 6. The number of thioether (sulfide) groups is 1. The lowest BCUT2D eigenvalue weighted by molar-refractivity contribution is -0.142. The number of hydrogen-bond acceptors (Lipinski definition) is 4. The molecule has 1 N–H and O–H groups in total. The van der Waals surface area contributed by atoms with E-state index in [4.69, 9.17) is 5.26 Å². The van der Waals surface area contributed by atoms with Crippen molar-refractivity contribution < 1.29 is 26.3 Å². The van der Waals surface area contributed by atoms with E-state index in [0.29, 0.717) is 12.1 Å². The van der Waals surface area contributed by atoms with Crippen LogP contribution in [0.2, 0.25) is 0 Å². The predicted octanol–water partition coefficient (Wildman–Crippen LogP) is 4.21. The van der Waals surface area contributed by atoms with E-state index in [0.717, 1.165) is 30.8 Å². The van der Waals surface area contributed by atoms with E-state index in [9.17, 15) is 26.3 Å². The average molecular weight is 370 g/mol. The summed E-state index contributed by atoms with van der Waals surface area (Å²) in [6, 6.07) is 1.03. The quantitative estimate of drug-likeness (QED) is 0.279. The Labute approximate surface area is 138 Å². The van der Waals surface area contributed by atoms with Crippen LogP contribution in [0.15, 0.2) is 17.1 Å². The van der Waals surface area contributed by atoms with Crippen molar-refractivity contribution in [3.05, 3.63) is 23.3 Å². The molecule has 0 radical (unpaired) electrons. The fourth-order valence-electron chi connectivity index (χ4n) is 1.89. The summed E-state index contributed by atoms with van der Waals surface area (Å²) in [7, 11) is 2.18. The molecule has 0 saturated carbocycles. The Morgan fingerprint density at radius 2 is 1.58 bits per heavy atom. The fraction of sp³-hybridized carbons (Fsp3) is 0.385. The fourth-order valence-corrected chi connectivity index (χ4v) is 2.23. The highest BCUT2D eigenvalue weighted by Gasteiger charge is 2.42. The lowest BCUT2D eigenvalue weighted by atomic mass is 10.0. The standard InChI is InChI=1S/C13H12F6N4S/c1-23(2)10-8(12(14,15)16)4-7(5-9(10)13(17,18)19)22-11(24-3)21-6-20/h4-5H,1-3H3,(H,21,22). The number of hydrogen-bond donors (Lipinski definition) is 1. The second kappa shape index (κ2) is 7.21. The molecule has 0 aliphatic heterocycles. The van der Waals surface area contributed by atoms with Gasteiger partial charge >= 0.3 is 12.4 Å². The Bertz CT molecular complexity index is 638. The number of anilines is 1. The predicted molar refractivity (Wildman–Crippen MR) is 80.1 cm³/mol. The third-order valence-electron chi connectivity index (χ3n) is 2.74. The van der Waals surface area contributed by atoms with Gasteiger partial charge in [-0.3, -0.25) is 5.32 Å². The molecule has 0 aromatic heterocycles. The molecular formula is C13H12F6N4S. The number of nitriles is 1. The summed E-state index contributed by atoms with van der Waals surface area (Å²) < 4.78 is 79.3. The minimum absolute atomic E-state index is 0.128. The van der Waals surface area contributed by atoms with Gasteiger partial charge < -0.3 is 4.90 Å². The van der Waals surface area contributed by atoms with Crippen LogP contribution >= 0.6 is 11.8 Å². The van der Waals surface area contributed by atoms with E-state index in [1.807, 2.05) is 0 Å². The molecule has 1 aromatic carbocycles. The normalized spacial score (nSPS) is 12.8. The maximum absolute atomic E-state index is 13.2. The van der Waals surface area contributed by atoms with Gasteiger partial charge in [-0.05, 0) is 18.4 Å². The first-order chi connectivity index (χ1) is 10.9. The van der Waals surface area contributed by atoms with Crippen LogP contribution in [0, 0.1) is 11.5 Å². The number of nitrogens with one attached hydrogen (secondary N) is 1. The van der Waals surface area contributed by atoms with E-state index in [1.54, 1.807) is 0 Å². The minimum atomic E-state index is -5.01. The molecule has 24 heavy (non-hydrogen) atoms. The number of amidine groups is 1. The van der Waals surface area contributed by atoms with E-state index in [2.05, 4.69) is 10.3 Å². The molecule has 0 aliphatic carbocycles. The Hall–Kier alpha value is -2.09. The zero-order chi connectivity index (χ0) is 18.7. The van der Waals surface area contributed by atoms with Crippen molar-refractivity contribution in [3.63, 3.8) is 0 Å². The van der Waals surface area contributed by atoms with Gasteiger partial charge in [0.25, 0.3) is 0 Å². The van der Waals surface area contributed by atoms with Crippen LogP contribution in [0.25, 0.3) is 0 Å². The monoisotopic (exact) mass is 370 g/mol. The zero-order valence-electron chi connectivity index (χ0n) is 12.7. The minimum Gasteiger partial charge on any atom is -0.377 e. The van der Waals surface area contributed by atoms with E-state index in [1.165, 1.54) is 12.4 Å². The van der Waals surface area contributed by atoms with Crippen molar-refractivity contribution in [2.75, 3.05) is 25.3 Å². The summed E-state index contributed by atoms with van der Waals surface area (Å²) >= 11 is 0.870. The van der Waals surface area contributed by atoms with Crippen LogP contribution in [0.3, 0.4) is 0 Å². The van der Waals surface area contributed by atoms with Crippen molar-refractivity contribution in [2.45, 2.75) is 12.4 Å². The molecule has 0 unspecified atom stereocenters. The third kappa shape index (κ3) is 4.70. The molecular weight excluding hydrogens is 358 g/mol. The molecule has 0 spiro atoms. The van der Waals surface area contributed by atoms with Crippen molar-refractivity contribution >= 4 is 28.3 Å². The SMILES string of the molecule is CSC(=Nc1cc(C(F)(F)F)c(N(C)C)c(C(F)(F)F)c1)NC#N. The highest BCUT2D eigenvalue weighted by atomic mass is 32.2. The van der Waals surface area contributed by atoms with Crippen molar-refractivity contribution in [1.82, 2.24) is 5.32 Å². The first-order valence-corrected chi connectivity index (χ1v) is 7.41. The topological polar surface area (TPSA) is 51.4 Å². The summed E-state index contributed by atoms with van der Waals surface area (Å²) in [6.07, 6.45) is -7.04. The van der Waals surface area contributed by atoms with Crippen molar-refractivity contribution in [3.8, 4) is 6.19 Å². The zero-order valence-corrected chi connectivity index (χ0v) is 13.5. The second-order valence-electron chi connectivity index (χ2n) is 4.64. The molecule has 11 heteroatoms. The lowest BCUT2D eigenvalue weighted by Crippen LogP contribution is -2.22. The number of rotatable bonds is 2. The molecule has 0 heterocycles. The van der Waals surface area contributed by atoms with Gasteiger partial charge in [-0.25, -0.2) is 4.99 Å². The summed E-state index contributed by atoms with van der Waals surface area (Å²) in [5.74, 6) is 0. The van der Waals surface area contributed by atoms with Crippen LogP contribution in [0.4, 0.5) is 37.7 Å². The van der Waals surface area contributed by atoms with Gasteiger partial charge in [0.2, 0.25) is 0 Å². The van der Waals surface area contributed by atoms with E-state index >= 15 is 0 Å². The van der Waals surface area contributed by atoms with Gasteiger partial charge in [-0.15, -0.1) is 0 Å². The Kier molecular flexibility index (Phi) is 5.99. The first kappa shape index (κ1) is 20.0. The molecule has 0 atom stereocenters. The molecule has 0 aliphatic rings. The van der Waals surface area contributed by atoms with Crippen LogP contribution in [-0.2, 0) is 12.4 Å². The molecule has 132 valence electrons. The number of nitrogens with zero attached hydrogens (tertiary/aromatic N) is 3. The highest BCUT2D eigenvalue weighted by Crippen LogP contribution is 2.46. The maximum atomic E-state index is 13.2. The summed E-state index contributed by atoms with van der Waals surface area (Å²) in [5, 5.41) is 10.5.